The van der Waals surface area contributed by atoms with Gasteiger partial charge in [-0.2, -0.15) is 0 Å². The minimum absolute atomic E-state index is 0.0935. The van der Waals surface area contributed by atoms with E-state index < -0.39 is 10.0 Å². The molecule has 0 radical (unpaired) electrons. The van der Waals surface area contributed by atoms with Gasteiger partial charge in [0.1, 0.15) is 5.75 Å². The van der Waals surface area contributed by atoms with Crippen LogP contribution in [0.1, 0.15) is 32.1 Å². The van der Waals surface area contributed by atoms with E-state index in [2.05, 4.69) is 14.7 Å². The van der Waals surface area contributed by atoms with Crippen molar-refractivity contribution in [2.24, 2.45) is 5.92 Å². The zero-order chi connectivity index (χ0) is 21.0. The van der Waals surface area contributed by atoms with Crippen LogP contribution in [0, 0.1) is 5.92 Å². The van der Waals surface area contributed by atoms with Crippen molar-refractivity contribution in [2.45, 2.75) is 37.0 Å². The van der Waals surface area contributed by atoms with E-state index in [1.807, 2.05) is 18.2 Å². The lowest BCUT2D eigenvalue weighted by molar-refractivity contribution is 0.271. The molecule has 1 heterocycles. The van der Waals surface area contributed by atoms with E-state index in [4.69, 9.17) is 9.47 Å². The molecule has 3 aromatic rings. The molecule has 0 amide bonds. The van der Waals surface area contributed by atoms with E-state index in [0.29, 0.717) is 29.3 Å². The molecular formula is C22H25N3O4S. The molecular weight excluding hydrogens is 402 g/mol. The average molecular weight is 428 g/mol. The Kier molecular flexibility index (Phi) is 6.03. The fraction of sp³-hybridized carbons (Fsp3) is 0.364. The van der Waals surface area contributed by atoms with Crippen molar-refractivity contribution in [3.8, 4) is 11.6 Å². The zero-order valence-electron chi connectivity index (χ0n) is 16.9. The number of nitrogens with zero attached hydrogens (tertiary/aromatic N) is 2. The van der Waals surface area contributed by atoms with E-state index in [9.17, 15) is 8.42 Å². The van der Waals surface area contributed by atoms with Gasteiger partial charge in [0.15, 0.2) is 0 Å². The standard InChI is InChI=1S/C22H25N3O4S/c1-28-17-10-12-18(13-11-17)30(26,27)25-21-22(29-15-14-16-6-2-3-7-16)24-20-9-5-4-8-19(20)23-21/h4-5,8-13,16H,2-3,6-7,14-15H2,1H3,(H,23,25). The second kappa shape index (κ2) is 8.87. The Morgan fingerprint density at radius 3 is 2.33 bits per heavy atom. The Morgan fingerprint density at radius 1 is 1.00 bits per heavy atom. The number of hydrogen-bond acceptors (Lipinski definition) is 6. The summed E-state index contributed by atoms with van der Waals surface area (Å²) < 4.78 is 39.3. The molecule has 0 saturated heterocycles. The number of methoxy groups -OCH3 is 1. The first-order valence-electron chi connectivity index (χ1n) is 10.1. The van der Waals surface area contributed by atoms with Gasteiger partial charge in [-0.05, 0) is 48.7 Å². The van der Waals surface area contributed by atoms with E-state index >= 15 is 0 Å². The lowest BCUT2D eigenvalue weighted by Crippen LogP contribution is -2.16. The first-order valence-corrected chi connectivity index (χ1v) is 11.6. The summed E-state index contributed by atoms with van der Waals surface area (Å²) in [5, 5.41) is 0. The third-order valence-electron chi connectivity index (χ3n) is 5.38. The van der Waals surface area contributed by atoms with Crippen LogP contribution in [0.15, 0.2) is 53.4 Å². The average Bonchev–Trinajstić information content (AvgIpc) is 3.27. The minimum atomic E-state index is -3.86. The highest BCUT2D eigenvalue weighted by atomic mass is 32.2. The van der Waals surface area contributed by atoms with Crippen LogP contribution in [-0.4, -0.2) is 32.1 Å². The molecule has 1 aromatic heterocycles. The Balaban J connectivity index is 1.59. The second-order valence-corrected chi connectivity index (χ2v) is 9.12. The fourth-order valence-corrected chi connectivity index (χ4v) is 4.71. The number of nitrogens with one attached hydrogen (secondary N) is 1. The summed E-state index contributed by atoms with van der Waals surface area (Å²) in [5.74, 6) is 1.54. The van der Waals surface area contributed by atoms with E-state index in [0.717, 1.165) is 6.42 Å². The lowest BCUT2D eigenvalue weighted by atomic mass is 10.1. The SMILES string of the molecule is COc1ccc(S(=O)(=O)Nc2nc3ccccc3nc2OCCC2CCCC2)cc1. The number of ether oxygens (including phenoxy) is 2. The molecule has 0 unspecified atom stereocenters. The van der Waals surface area contributed by atoms with Gasteiger partial charge in [0, 0.05) is 0 Å². The second-order valence-electron chi connectivity index (χ2n) is 7.43. The van der Waals surface area contributed by atoms with Crippen LogP contribution in [0.3, 0.4) is 0 Å². The van der Waals surface area contributed by atoms with Crippen molar-refractivity contribution in [3.63, 3.8) is 0 Å². The summed E-state index contributed by atoms with van der Waals surface area (Å²) in [6.07, 6.45) is 5.92. The molecule has 0 bridgehead atoms. The molecule has 1 aliphatic rings. The summed E-state index contributed by atoms with van der Waals surface area (Å²) >= 11 is 0. The third-order valence-corrected chi connectivity index (χ3v) is 6.73. The highest BCUT2D eigenvalue weighted by Crippen LogP contribution is 2.30. The van der Waals surface area contributed by atoms with E-state index in [1.165, 1.54) is 44.9 Å². The van der Waals surface area contributed by atoms with Crippen molar-refractivity contribution in [1.82, 2.24) is 9.97 Å². The van der Waals surface area contributed by atoms with Crippen molar-refractivity contribution in [2.75, 3.05) is 18.4 Å². The van der Waals surface area contributed by atoms with Gasteiger partial charge in [-0.25, -0.2) is 18.4 Å². The highest BCUT2D eigenvalue weighted by molar-refractivity contribution is 7.92. The molecule has 0 aliphatic heterocycles. The van der Waals surface area contributed by atoms with Crippen LogP contribution >= 0.6 is 0 Å². The normalized spacial score (nSPS) is 14.7. The summed E-state index contributed by atoms with van der Waals surface area (Å²) in [6, 6.07) is 13.5. The van der Waals surface area contributed by atoms with Crippen LogP contribution in [-0.2, 0) is 10.0 Å². The summed E-state index contributed by atoms with van der Waals surface area (Å²) in [4.78, 5) is 9.09. The summed E-state index contributed by atoms with van der Waals surface area (Å²) in [5.41, 5.74) is 1.24. The van der Waals surface area contributed by atoms with Gasteiger partial charge >= 0.3 is 0 Å². The largest absolute Gasteiger partial charge is 0.497 e. The Morgan fingerprint density at radius 2 is 1.67 bits per heavy atom. The van der Waals surface area contributed by atoms with Crippen molar-refractivity contribution < 1.29 is 17.9 Å². The predicted octanol–water partition coefficient (Wildman–Crippen LogP) is 4.40. The molecule has 1 fully saturated rings. The molecule has 1 N–H and O–H groups in total. The minimum Gasteiger partial charge on any atom is -0.497 e. The van der Waals surface area contributed by atoms with Gasteiger partial charge in [0.05, 0.1) is 29.6 Å². The van der Waals surface area contributed by atoms with Crippen LogP contribution in [0.2, 0.25) is 0 Å². The molecule has 0 atom stereocenters. The molecule has 1 saturated carbocycles. The maximum absolute atomic E-state index is 12.9. The number of sulfonamides is 1. The molecule has 30 heavy (non-hydrogen) atoms. The van der Waals surface area contributed by atoms with Crippen molar-refractivity contribution in [3.05, 3.63) is 48.5 Å². The van der Waals surface area contributed by atoms with Gasteiger partial charge in [-0.1, -0.05) is 37.8 Å². The first-order chi connectivity index (χ1) is 14.5. The van der Waals surface area contributed by atoms with E-state index in [1.54, 1.807) is 18.2 Å². The molecule has 158 valence electrons. The Hall–Kier alpha value is -2.87. The van der Waals surface area contributed by atoms with Crippen LogP contribution in [0.25, 0.3) is 11.0 Å². The predicted molar refractivity (Wildman–Crippen MR) is 115 cm³/mol. The van der Waals surface area contributed by atoms with Crippen molar-refractivity contribution >= 4 is 26.9 Å². The molecule has 2 aromatic carbocycles. The van der Waals surface area contributed by atoms with E-state index in [-0.39, 0.29) is 16.6 Å². The first kappa shape index (κ1) is 20.4. The van der Waals surface area contributed by atoms with Crippen LogP contribution in [0.5, 0.6) is 11.6 Å². The smallest absolute Gasteiger partial charge is 0.263 e. The monoisotopic (exact) mass is 427 g/mol. The molecule has 0 spiro atoms. The van der Waals surface area contributed by atoms with Gasteiger partial charge in [-0.3, -0.25) is 4.72 Å². The molecule has 1 aliphatic carbocycles. The van der Waals surface area contributed by atoms with Gasteiger partial charge in [0.2, 0.25) is 5.82 Å². The number of benzene rings is 2. The fourth-order valence-electron chi connectivity index (χ4n) is 3.71. The van der Waals surface area contributed by atoms with Crippen LogP contribution < -0.4 is 14.2 Å². The number of fused-ring (bicyclic) bond motifs is 1. The number of hydrogen-bond donors (Lipinski definition) is 1. The van der Waals surface area contributed by atoms with Gasteiger partial charge in [-0.15, -0.1) is 0 Å². The zero-order valence-corrected chi connectivity index (χ0v) is 17.7. The number of aromatic nitrogens is 2. The number of para-hydroxylation sites is 2. The molecule has 7 nitrogen and oxygen atoms in total. The number of anilines is 1. The maximum atomic E-state index is 12.9. The van der Waals surface area contributed by atoms with Crippen LogP contribution in [0.4, 0.5) is 5.82 Å². The topological polar surface area (TPSA) is 90.4 Å². The summed E-state index contributed by atoms with van der Waals surface area (Å²) in [6.45, 7) is 0.481. The van der Waals surface area contributed by atoms with Gasteiger partial charge in [0.25, 0.3) is 15.9 Å². The highest BCUT2D eigenvalue weighted by Gasteiger charge is 2.21. The molecule has 8 heteroatoms. The molecule has 4 rings (SSSR count). The lowest BCUT2D eigenvalue weighted by Gasteiger charge is -2.14. The maximum Gasteiger partial charge on any atom is 0.263 e. The third kappa shape index (κ3) is 4.64. The van der Waals surface area contributed by atoms with Crippen molar-refractivity contribution in [1.29, 1.82) is 0 Å². The Bertz CT molecular complexity index is 1110. The van der Waals surface area contributed by atoms with Gasteiger partial charge < -0.3 is 9.47 Å². The Labute approximate surface area is 176 Å². The summed E-state index contributed by atoms with van der Waals surface area (Å²) in [7, 11) is -2.33. The quantitative estimate of drug-likeness (QED) is 0.573. The number of rotatable bonds is 8.